The van der Waals surface area contributed by atoms with Crippen LogP contribution in [0.5, 0.6) is 5.75 Å². The van der Waals surface area contributed by atoms with Gasteiger partial charge in [-0.3, -0.25) is 10.1 Å². The van der Waals surface area contributed by atoms with E-state index in [1.165, 1.54) is 53.4 Å². The molecule has 0 atom stereocenters. The molecule has 3 aromatic carbocycles. The zero-order valence-corrected chi connectivity index (χ0v) is 21.0. The minimum atomic E-state index is -0.201. The third kappa shape index (κ3) is 6.81. The highest BCUT2D eigenvalue weighted by atomic mass is 32.2. The van der Waals surface area contributed by atoms with Crippen molar-refractivity contribution >= 4 is 44.9 Å². The molecule has 7 heteroatoms. The van der Waals surface area contributed by atoms with Crippen LogP contribution in [0.3, 0.4) is 0 Å². The zero-order valence-electron chi connectivity index (χ0n) is 19.3. The van der Waals surface area contributed by atoms with Crippen molar-refractivity contribution in [2.24, 2.45) is 0 Å². The first-order valence-electron chi connectivity index (χ1n) is 11.7. The Balaban J connectivity index is 1.26. The third-order valence-corrected chi connectivity index (χ3v) is 7.51. The van der Waals surface area contributed by atoms with Gasteiger partial charge in [-0.05, 0) is 47.0 Å². The molecule has 34 heavy (non-hydrogen) atoms. The Bertz CT molecular complexity index is 1200. The molecule has 1 amide bonds. The lowest BCUT2D eigenvalue weighted by molar-refractivity contribution is 0.102. The molecule has 0 aliphatic rings. The number of benzene rings is 3. The number of hydrogen-bond acceptors (Lipinski definition) is 6. The largest absolute Gasteiger partial charge is 0.494 e. The van der Waals surface area contributed by atoms with E-state index < -0.39 is 0 Å². The molecule has 1 N–H and O–H groups in total. The van der Waals surface area contributed by atoms with E-state index in [1.807, 2.05) is 12.1 Å². The summed E-state index contributed by atoms with van der Waals surface area (Å²) in [7, 11) is 0. The highest BCUT2D eigenvalue weighted by molar-refractivity contribution is 8.00. The fourth-order valence-electron chi connectivity index (χ4n) is 3.64. The minimum Gasteiger partial charge on any atom is -0.494 e. The second-order valence-corrected chi connectivity index (χ2v) is 10.2. The molecule has 5 nitrogen and oxygen atoms in total. The highest BCUT2D eigenvalue weighted by Crippen LogP contribution is 2.31. The molecular weight excluding hydrogens is 462 g/mol. The van der Waals surface area contributed by atoms with Gasteiger partial charge in [0, 0.05) is 11.3 Å². The van der Waals surface area contributed by atoms with Crippen LogP contribution in [0.15, 0.2) is 71.1 Å². The highest BCUT2D eigenvalue weighted by Gasteiger charge is 2.11. The van der Waals surface area contributed by atoms with Crippen molar-refractivity contribution in [3.63, 3.8) is 0 Å². The molecule has 1 aromatic heterocycles. The predicted octanol–water partition coefficient (Wildman–Crippen LogP) is 7.59. The van der Waals surface area contributed by atoms with Crippen LogP contribution < -0.4 is 10.1 Å². The van der Waals surface area contributed by atoms with Gasteiger partial charge in [0.15, 0.2) is 4.34 Å². The molecule has 0 aliphatic carbocycles. The number of carbonyl (C=O) groups is 1. The van der Waals surface area contributed by atoms with E-state index in [2.05, 4.69) is 64.9 Å². The molecule has 0 aliphatic heterocycles. The van der Waals surface area contributed by atoms with E-state index >= 15 is 0 Å². The van der Waals surface area contributed by atoms with Crippen LogP contribution in [0, 0.1) is 0 Å². The summed E-state index contributed by atoms with van der Waals surface area (Å²) in [6.07, 6.45) is 6.03. The molecule has 0 spiro atoms. The van der Waals surface area contributed by atoms with E-state index in [-0.39, 0.29) is 5.91 Å². The first kappa shape index (κ1) is 24.2. The number of carbonyl (C=O) groups excluding carboxylic acids is 1. The average molecular weight is 492 g/mol. The molecule has 176 valence electrons. The topological polar surface area (TPSA) is 64.1 Å². The number of rotatable bonds is 12. The number of anilines is 1. The summed E-state index contributed by atoms with van der Waals surface area (Å²) in [6, 6.07) is 21.9. The summed E-state index contributed by atoms with van der Waals surface area (Å²) in [5, 5.41) is 14.2. The monoisotopic (exact) mass is 491 g/mol. The molecule has 0 fully saturated rings. The Labute approximate surface area is 209 Å². The molecule has 0 radical (unpaired) electrons. The number of unbranched alkanes of at least 4 members (excludes halogenated alkanes) is 4. The molecule has 1 heterocycles. The Morgan fingerprint density at radius 1 is 0.941 bits per heavy atom. The predicted molar refractivity (Wildman–Crippen MR) is 142 cm³/mol. The lowest BCUT2D eigenvalue weighted by atomic mass is 10.1. The van der Waals surface area contributed by atoms with E-state index in [1.54, 1.807) is 23.9 Å². The molecule has 4 aromatic rings. The molecule has 0 saturated heterocycles. The van der Waals surface area contributed by atoms with Gasteiger partial charge in [-0.15, -0.1) is 10.2 Å². The summed E-state index contributed by atoms with van der Waals surface area (Å²) in [5.74, 6) is 1.38. The van der Waals surface area contributed by atoms with Gasteiger partial charge in [0.2, 0.25) is 5.13 Å². The maximum absolute atomic E-state index is 12.6. The first-order valence-corrected chi connectivity index (χ1v) is 13.5. The van der Waals surface area contributed by atoms with Crippen LogP contribution in [-0.2, 0) is 5.75 Å². The fraction of sp³-hybridized carbons (Fsp3) is 0.296. The van der Waals surface area contributed by atoms with E-state index in [0.717, 1.165) is 22.3 Å². The van der Waals surface area contributed by atoms with Crippen LogP contribution in [0.2, 0.25) is 0 Å². The minimum absolute atomic E-state index is 0.201. The van der Waals surface area contributed by atoms with Gasteiger partial charge in [0.1, 0.15) is 5.75 Å². The van der Waals surface area contributed by atoms with Crippen molar-refractivity contribution in [2.45, 2.75) is 49.1 Å². The normalized spacial score (nSPS) is 11.0. The van der Waals surface area contributed by atoms with Crippen molar-refractivity contribution in [1.29, 1.82) is 0 Å². The number of nitrogens with zero attached hydrogens (tertiary/aromatic N) is 2. The van der Waals surface area contributed by atoms with Crippen LogP contribution in [0.4, 0.5) is 5.13 Å². The van der Waals surface area contributed by atoms with Gasteiger partial charge in [-0.25, -0.2) is 0 Å². The first-order chi connectivity index (χ1) is 16.7. The second kappa shape index (κ2) is 12.5. The summed E-state index contributed by atoms with van der Waals surface area (Å²) < 4.78 is 6.60. The Morgan fingerprint density at radius 2 is 1.74 bits per heavy atom. The van der Waals surface area contributed by atoms with Crippen LogP contribution in [0.25, 0.3) is 10.8 Å². The number of aromatic nitrogens is 2. The van der Waals surface area contributed by atoms with Crippen molar-refractivity contribution in [3.8, 4) is 5.75 Å². The Morgan fingerprint density at radius 3 is 2.59 bits per heavy atom. The third-order valence-electron chi connectivity index (χ3n) is 5.49. The van der Waals surface area contributed by atoms with Gasteiger partial charge in [-0.2, -0.15) is 0 Å². The number of thioether (sulfide) groups is 1. The summed E-state index contributed by atoms with van der Waals surface area (Å²) in [5.41, 5.74) is 1.82. The Kier molecular flexibility index (Phi) is 8.93. The quantitative estimate of drug-likeness (QED) is 0.126. The van der Waals surface area contributed by atoms with E-state index in [9.17, 15) is 4.79 Å². The fourth-order valence-corrected chi connectivity index (χ4v) is 5.39. The van der Waals surface area contributed by atoms with Gasteiger partial charge >= 0.3 is 0 Å². The van der Waals surface area contributed by atoms with Gasteiger partial charge in [-0.1, -0.05) is 98.2 Å². The van der Waals surface area contributed by atoms with Gasteiger partial charge in [0.05, 0.1) is 6.61 Å². The van der Waals surface area contributed by atoms with Crippen molar-refractivity contribution in [1.82, 2.24) is 10.2 Å². The molecule has 0 unspecified atom stereocenters. The molecule has 4 rings (SSSR count). The maximum atomic E-state index is 12.6. The molecular formula is C27H29N3O2S2. The second-order valence-electron chi connectivity index (χ2n) is 8.04. The van der Waals surface area contributed by atoms with Gasteiger partial charge < -0.3 is 4.74 Å². The van der Waals surface area contributed by atoms with Crippen LogP contribution >= 0.6 is 23.1 Å². The summed E-state index contributed by atoms with van der Waals surface area (Å²) >= 11 is 3.01. The lowest BCUT2D eigenvalue weighted by Crippen LogP contribution is -2.11. The van der Waals surface area contributed by atoms with Crippen LogP contribution in [-0.4, -0.2) is 22.7 Å². The molecule has 0 bridgehead atoms. The number of ether oxygens (including phenoxy) is 1. The number of amides is 1. The van der Waals surface area contributed by atoms with E-state index in [0.29, 0.717) is 17.3 Å². The van der Waals surface area contributed by atoms with E-state index in [4.69, 9.17) is 4.74 Å². The van der Waals surface area contributed by atoms with Crippen molar-refractivity contribution in [3.05, 3.63) is 77.9 Å². The standard InChI is InChI=1S/C27H29N3O2S2/c1-2-3-4-5-8-18-32-23-16-14-21(15-17-23)25(31)28-26-29-30-27(34-26)33-19-22-12-9-11-20-10-6-7-13-24(20)22/h6-7,9-17H,2-5,8,18-19H2,1H3,(H,28,29,31). The lowest BCUT2D eigenvalue weighted by Gasteiger charge is -2.07. The van der Waals surface area contributed by atoms with Crippen molar-refractivity contribution < 1.29 is 9.53 Å². The van der Waals surface area contributed by atoms with Crippen LogP contribution in [0.1, 0.15) is 54.9 Å². The smallest absolute Gasteiger partial charge is 0.257 e. The number of nitrogens with one attached hydrogen (secondary N) is 1. The maximum Gasteiger partial charge on any atom is 0.257 e. The SMILES string of the molecule is CCCCCCCOc1ccc(C(=O)Nc2nnc(SCc3cccc4ccccc34)s2)cc1. The average Bonchev–Trinajstić information content (AvgIpc) is 3.32. The summed E-state index contributed by atoms with van der Waals surface area (Å²) in [4.78, 5) is 12.6. The summed E-state index contributed by atoms with van der Waals surface area (Å²) in [6.45, 7) is 2.92. The number of fused-ring (bicyclic) bond motifs is 1. The number of hydrogen-bond donors (Lipinski definition) is 1. The van der Waals surface area contributed by atoms with Crippen molar-refractivity contribution in [2.75, 3.05) is 11.9 Å². The molecule has 0 saturated carbocycles. The Hall–Kier alpha value is -2.90. The van der Waals surface area contributed by atoms with Gasteiger partial charge in [0.25, 0.3) is 5.91 Å². The zero-order chi connectivity index (χ0) is 23.6.